The third-order valence-electron chi connectivity index (χ3n) is 6.98. The molecule has 34 heavy (non-hydrogen) atoms. The molecule has 0 unspecified atom stereocenters. The lowest BCUT2D eigenvalue weighted by molar-refractivity contribution is 0.0790. The molecule has 1 aliphatic rings. The van der Waals surface area contributed by atoms with Crippen LogP contribution in [0.15, 0.2) is 42.9 Å². The summed E-state index contributed by atoms with van der Waals surface area (Å²) in [7, 11) is 1.86. The molecule has 1 N–H and O–H groups in total. The van der Waals surface area contributed by atoms with E-state index in [0.717, 1.165) is 55.4 Å². The van der Waals surface area contributed by atoms with Gasteiger partial charge in [-0.2, -0.15) is 0 Å². The van der Waals surface area contributed by atoms with E-state index in [0.29, 0.717) is 6.54 Å². The highest BCUT2D eigenvalue weighted by molar-refractivity contribution is 7.20. The highest BCUT2D eigenvalue weighted by Gasteiger charge is 2.22. The first-order valence-corrected chi connectivity index (χ1v) is 13.0. The van der Waals surface area contributed by atoms with E-state index >= 15 is 0 Å². The third-order valence-corrected chi connectivity index (χ3v) is 8.17. The van der Waals surface area contributed by atoms with Crippen molar-refractivity contribution in [2.45, 2.75) is 52.0 Å². The molecule has 1 aromatic carbocycles. The number of hydrogen-bond donors (Lipinski definition) is 1. The van der Waals surface area contributed by atoms with Gasteiger partial charge in [-0.3, -0.25) is 9.78 Å². The molecule has 1 amide bonds. The molecule has 0 aliphatic heterocycles. The molecule has 5 rings (SSSR count). The Kier molecular flexibility index (Phi) is 6.72. The predicted octanol–water partition coefficient (Wildman–Crippen LogP) is 6.20. The van der Waals surface area contributed by atoms with Crippen LogP contribution in [0.4, 0.5) is 5.82 Å². The van der Waals surface area contributed by atoms with E-state index in [-0.39, 0.29) is 5.91 Å². The summed E-state index contributed by atoms with van der Waals surface area (Å²) in [6.45, 7) is 3.44. The Morgan fingerprint density at radius 2 is 1.97 bits per heavy atom. The fraction of sp³-hybridized carbons (Fsp3) is 0.407. The van der Waals surface area contributed by atoms with Crippen LogP contribution in [0.1, 0.15) is 59.3 Å². The molecule has 0 saturated heterocycles. The van der Waals surface area contributed by atoms with Gasteiger partial charge in [0.1, 0.15) is 17.0 Å². The maximum atomic E-state index is 13.5. The third kappa shape index (κ3) is 4.62. The second kappa shape index (κ2) is 10.1. The smallest absolute Gasteiger partial charge is 0.264 e. The molecule has 0 radical (unpaired) electrons. The number of nitrogens with one attached hydrogen (secondary N) is 1. The molecule has 4 aromatic rings. The molecular weight excluding hydrogens is 442 g/mol. The molecule has 7 heteroatoms. The Balaban J connectivity index is 1.34. The SMILES string of the molecule is Cc1c(C(=O)N(C)Cc2cccc3ncccc23)sc2ncnc(NCCC3CCCCC3)c12. The molecule has 1 saturated carbocycles. The summed E-state index contributed by atoms with van der Waals surface area (Å²) < 4.78 is 0. The Hall–Kier alpha value is -3.06. The zero-order valence-electron chi connectivity index (χ0n) is 19.9. The van der Waals surface area contributed by atoms with Crippen LogP contribution in [0.25, 0.3) is 21.1 Å². The predicted molar refractivity (Wildman–Crippen MR) is 139 cm³/mol. The maximum Gasteiger partial charge on any atom is 0.264 e. The van der Waals surface area contributed by atoms with Crippen molar-refractivity contribution in [3.8, 4) is 0 Å². The van der Waals surface area contributed by atoms with Crippen molar-refractivity contribution in [3.63, 3.8) is 0 Å². The highest BCUT2D eigenvalue weighted by Crippen LogP contribution is 2.34. The van der Waals surface area contributed by atoms with Gasteiger partial charge in [-0.25, -0.2) is 9.97 Å². The first-order chi connectivity index (χ1) is 16.6. The van der Waals surface area contributed by atoms with Gasteiger partial charge in [-0.15, -0.1) is 11.3 Å². The van der Waals surface area contributed by atoms with Crippen molar-refractivity contribution < 1.29 is 4.79 Å². The summed E-state index contributed by atoms with van der Waals surface area (Å²) >= 11 is 1.46. The number of amides is 1. The number of aryl methyl sites for hydroxylation is 1. The van der Waals surface area contributed by atoms with Gasteiger partial charge in [-0.05, 0) is 42.5 Å². The molecule has 3 heterocycles. The summed E-state index contributed by atoms with van der Waals surface area (Å²) in [6.07, 6.45) is 11.4. The largest absolute Gasteiger partial charge is 0.369 e. The fourth-order valence-corrected chi connectivity index (χ4v) is 6.23. The topological polar surface area (TPSA) is 71.0 Å². The van der Waals surface area contributed by atoms with E-state index < -0.39 is 0 Å². The number of pyridine rings is 1. The van der Waals surface area contributed by atoms with Crippen molar-refractivity contribution in [1.29, 1.82) is 0 Å². The van der Waals surface area contributed by atoms with Gasteiger partial charge < -0.3 is 10.2 Å². The van der Waals surface area contributed by atoms with Crippen LogP contribution >= 0.6 is 11.3 Å². The minimum atomic E-state index is 0.00884. The maximum absolute atomic E-state index is 13.5. The highest BCUT2D eigenvalue weighted by atomic mass is 32.1. The molecule has 0 atom stereocenters. The normalized spacial score (nSPS) is 14.5. The number of fused-ring (bicyclic) bond motifs is 2. The van der Waals surface area contributed by atoms with Crippen LogP contribution in [0.5, 0.6) is 0 Å². The van der Waals surface area contributed by atoms with E-state index in [1.165, 1.54) is 49.9 Å². The average Bonchev–Trinajstić information content (AvgIpc) is 3.21. The van der Waals surface area contributed by atoms with Crippen molar-refractivity contribution in [2.24, 2.45) is 5.92 Å². The van der Waals surface area contributed by atoms with Crippen LogP contribution in [-0.2, 0) is 6.54 Å². The zero-order chi connectivity index (χ0) is 23.5. The number of rotatable bonds is 7. The lowest BCUT2D eigenvalue weighted by Crippen LogP contribution is -2.26. The van der Waals surface area contributed by atoms with E-state index in [1.54, 1.807) is 17.4 Å². The first-order valence-electron chi connectivity index (χ1n) is 12.2. The Morgan fingerprint density at radius 1 is 1.12 bits per heavy atom. The van der Waals surface area contributed by atoms with Gasteiger partial charge >= 0.3 is 0 Å². The summed E-state index contributed by atoms with van der Waals surface area (Å²) in [6, 6.07) is 10.0. The quantitative estimate of drug-likeness (QED) is 0.346. The van der Waals surface area contributed by atoms with E-state index in [9.17, 15) is 4.79 Å². The number of carbonyl (C=O) groups excluding carboxylic acids is 1. The summed E-state index contributed by atoms with van der Waals surface area (Å²) in [4.78, 5) is 30.3. The number of carbonyl (C=O) groups is 1. The minimum Gasteiger partial charge on any atom is -0.369 e. The zero-order valence-corrected chi connectivity index (χ0v) is 20.7. The number of benzene rings is 1. The minimum absolute atomic E-state index is 0.00884. The van der Waals surface area contributed by atoms with Crippen LogP contribution in [0.3, 0.4) is 0 Å². The molecule has 176 valence electrons. The number of hydrogen-bond acceptors (Lipinski definition) is 6. The second-order valence-corrected chi connectivity index (χ2v) is 10.3. The van der Waals surface area contributed by atoms with E-state index in [2.05, 4.69) is 32.4 Å². The number of anilines is 1. The van der Waals surface area contributed by atoms with Crippen LogP contribution in [0.2, 0.25) is 0 Å². The average molecular weight is 474 g/mol. The first kappa shape index (κ1) is 22.7. The lowest BCUT2D eigenvalue weighted by atomic mass is 9.87. The Bertz CT molecular complexity index is 1310. The van der Waals surface area contributed by atoms with Gasteiger partial charge in [0.25, 0.3) is 5.91 Å². The van der Waals surface area contributed by atoms with Gasteiger partial charge in [-0.1, -0.05) is 50.3 Å². The molecule has 0 spiro atoms. The standard InChI is InChI=1S/C27H31N5OS/c1-18-23-25(29-15-13-19-8-4-3-5-9-19)30-17-31-26(23)34-24(18)27(33)32(2)16-20-10-6-12-22-21(20)11-7-14-28-22/h6-7,10-12,14,17,19H,3-5,8-9,13,15-16H2,1-2H3,(H,29,30,31). The monoisotopic (exact) mass is 473 g/mol. The van der Waals surface area contributed by atoms with Crippen molar-refractivity contribution in [2.75, 3.05) is 18.9 Å². The van der Waals surface area contributed by atoms with Gasteiger partial charge in [0, 0.05) is 31.7 Å². The summed E-state index contributed by atoms with van der Waals surface area (Å²) in [5, 5.41) is 5.59. The summed E-state index contributed by atoms with van der Waals surface area (Å²) in [5.41, 5.74) is 2.99. The van der Waals surface area contributed by atoms with Crippen molar-refractivity contribution in [1.82, 2.24) is 19.9 Å². The van der Waals surface area contributed by atoms with Crippen LogP contribution in [0, 0.1) is 12.8 Å². The number of thiophene rings is 1. The number of aromatic nitrogens is 3. The molecular formula is C27H31N5OS. The fourth-order valence-electron chi connectivity index (χ4n) is 5.09. The Labute approximate surface area is 204 Å². The van der Waals surface area contributed by atoms with Crippen molar-refractivity contribution in [3.05, 3.63) is 58.9 Å². The van der Waals surface area contributed by atoms with E-state index in [1.807, 2.05) is 32.2 Å². The van der Waals surface area contributed by atoms with Gasteiger partial charge in [0.05, 0.1) is 15.8 Å². The van der Waals surface area contributed by atoms with Gasteiger partial charge in [0.15, 0.2) is 0 Å². The molecule has 1 fully saturated rings. The second-order valence-electron chi connectivity index (χ2n) is 9.33. The Morgan fingerprint density at radius 3 is 2.82 bits per heavy atom. The van der Waals surface area contributed by atoms with Crippen molar-refractivity contribution >= 4 is 44.2 Å². The van der Waals surface area contributed by atoms with Gasteiger partial charge in [0.2, 0.25) is 0 Å². The molecule has 1 aliphatic carbocycles. The van der Waals surface area contributed by atoms with E-state index in [4.69, 9.17) is 0 Å². The molecule has 6 nitrogen and oxygen atoms in total. The number of nitrogens with zero attached hydrogens (tertiary/aromatic N) is 4. The van der Waals surface area contributed by atoms with Crippen LogP contribution in [-0.4, -0.2) is 39.4 Å². The molecule has 3 aromatic heterocycles. The lowest BCUT2D eigenvalue weighted by Gasteiger charge is -2.21. The summed E-state index contributed by atoms with van der Waals surface area (Å²) in [5.74, 6) is 1.67. The van der Waals surface area contributed by atoms with Crippen LogP contribution < -0.4 is 5.32 Å². The molecule has 0 bridgehead atoms.